The van der Waals surface area contributed by atoms with E-state index in [1.165, 1.54) is 64.2 Å². The van der Waals surface area contributed by atoms with Gasteiger partial charge in [0.2, 0.25) is 0 Å². The molecule has 1 saturated heterocycles. The Balaban J connectivity index is 1.91. The van der Waals surface area contributed by atoms with E-state index in [0.717, 1.165) is 19.3 Å². The van der Waals surface area contributed by atoms with Crippen LogP contribution in [-0.2, 0) is 19.1 Å². The van der Waals surface area contributed by atoms with Gasteiger partial charge in [0.05, 0.1) is 0 Å². The molecule has 1 heterocycles. The van der Waals surface area contributed by atoms with Crippen LogP contribution in [0.3, 0.4) is 0 Å². The predicted molar refractivity (Wildman–Crippen MR) is 109 cm³/mol. The number of cyclic esters (lactones) is 1. The first-order valence-corrected chi connectivity index (χ1v) is 11.4. The summed E-state index contributed by atoms with van der Waals surface area (Å²) in [6, 6.07) is 0. The highest BCUT2D eigenvalue weighted by Crippen LogP contribution is 2.19. The summed E-state index contributed by atoms with van der Waals surface area (Å²) in [5, 5.41) is 28.8. The Morgan fingerprint density at radius 2 is 1.41 bits per heavy atom. The Bertz CT molecular complexity index is 454. The van der Waals surface area contributed by atoms with E-state index in [2.05, 4.69) is 11.7 Å². The molecule has 7 heteroatoms. The highest BCUT2D eigenvalue weighted by molar-refractivity contribution is 5.77. The highest BCUT2D eigenvalue weighted by Gasteiger charge is 2.46. The van der Waals surface area contributed by atoms with Crippen LogP contribution in [0.2, 0.25) is 0 Å². The van der Waals surface area contributed by atoms with Crippen LogP contribution in [0, 0.1) is 0 Å². The fourth-order valence-corrected chi connectivity index (χ4v) is 3.53. The Morgan fingerprint density at radius 1 is 0.931 bits per heavy atom. The van der Waals surface area contributed by atoms with Gasteiger partial charge in [-0.25, -0.2) is 4.79 Å². The van der Waals surface area contributed by atoms with Gasteiger partial charge in [-0.3, -0.25) is 4.79 Å². The molecule has 1 aliphatic rings. The molecular weight excluding hydrogens is 376 g/mol. The van der Waals surface area contributed by atoms with Crippen molar-refractivity contribution >= 4 is 11.9 Å². The topological polar surface area (TPSA) is 113 Å². The predicted octanol–water partition coefficient (Wildman–Crippen LogP) is 3.02. The molecule has 1 rings (SSSR count). The molecule has 1 aliphatic heterocycles. The maximum atomic E-state index is 11.7. The number of unbranched alkanes of at least 4 members (excludes halogenated alkanes) is 12. The normalized spacial score (nSPS) is 22.5. The summed E-state index contributed by atoms with van der Waals surface area (Å²) in [7, 11) is 0. The second-order valence-electron chi connectivity index (χ2n) is 8.08. The highest BCUT2D eigenvalue weighted by atomic mass is 16.6. The van der Waals surface area contributed by atoms with E-state index in [1.807, 2.05) is 0 Å². The van der Waals surface area contributed by atoms with Crippen LogP contribution >= 0.6 is 0 Å². The molecule has 3 N–H and O–H groups in total. The van der Waals surface area contributed by atoms with Crippen molar-refractivity contribution in [3.63, 3.8) is 0 Å². The van der Waals surface area contributed by atoms with Gasteiger partial charge >= 0.3 is 11.9 Å². The van der Waals surface area contributed by atoms with Crippen molar-refractivity contribution in [1.82, 2.24) is 0 Å². The minimum absolute atomic E-state index is 0.278. The smallest absolute Gasteiger partial charge is 0.338 e. The number of rotatable bonds is 17. The van der Waals surface area contributed by atoms with Crippen molar-refractivity contribution in [2.45, 2.75) is 121 Å². The van der Waals surface area contributed by atoms with Gasteiger partial charge in [-0.05, 0) is 6.42 Å². The number of aliphatic hydroxyl groups is 3. The first kappa shape index (κ1) is 25.9. The zero-order chi connectivity index (χ0) is 21.5. The molecule has 29 heavy (non-hydrogen) atoms. The third kappa shape index (κ3) is 11.0. The molecule has 0 spiro atoms. The molecule has 0 bridgehead atoms. The average Bonchev–Trinajstić information content (AvgIpc) is 2.97. The van der Waals surface area contributed by atoms with Crippen molar-refractivity contribution in [3.8, 4) is 0 Å². The maximum Gasteiger partial charge on any atom is 0.338 e. The van der Waals surface area contributed by atoms with Crippen LogP contribution in [-0.4, -0.2) is 58.3 Å². The zero-order valence-electron chi connectivity index (χ0n) is 17.9. The molecule has 0 aliphatic carbocycles. The van der Waals surface area contributed by atoms with Gasteiger partial charge in [-0.1, -0.05) is 84.0 Å². The van der Waals surface area contributed by atoms with Gasteiger partial charge in [0.25, 0.3) is 0 Å². The molecule has 0 aromatic carbocycles. The van der Waals surface area contributed by atoms with Crippen LogP contribution in [0.4, 0.5) is 0 Å². The maximum absolute atomic E-state index is 11.7. The third-order valence-corrected chi connectivity index (χ3v) is 5.43. The first-order valence-electron chi connectivity index (χ1n) is 11.4. The molecule has 0 aromatic heterocycles. The van der Waals surface area contributed by atoms with Gasteiger partial charge in [0.15, 0.2) is 12.2 Å². The van der Waals surface area contributed by atoms with E-state index in [9.17, 15) is 24.9 Å². The lowest BCUT2D eigenvalue weighted by atomic mass is 10.0. The third-order valence-electron chi connectivity index (χ3n) is 5.43. The van der Waals surface area contributed by atoms with Gasteiger partial charge in [-0.2, -0.15) is 0 Å². The van der Waals surface area contributed by atoms with Gasteiger partial charge in [-0.15, -0.1) is 0 Å². The van der Waals surface area contributed by atoms with E-state index in [4.69, 9.17) is 4.74 Å². The van der Waals surface area contributed by atoms with Gasteiger partial charge in [0.1, 0.15) is 18.8 Å². The fourth-order valence-electron chi connectivity index (χ4n) is 3.53. The monoisotopic (exact) mass is 416 g/mol. The number of hydrogen-bond donors (Lipinski definition) is 3. The zero-order valence-corrected chi connectivity index (χ0v) is 17.9. The SMILES string of the molecule is CCCCCCCCCCCCCCCC(=O)OC[C@@H](O)[C@H]1OC(=O)[C@H](O)[C@@H]1O. The number of aliphatic hydroxyl groups excluding tert-OH is 3. The van der Waals surface area contributed by atoms with Gasteiger partial charge in [0, 0.05) is 6.42 Å². The molecular formula is C22H40O7. The van der Waals surface area contributed by atoms with E-state index in [-0.39, 0.29) is 13.0 Å². The van der Waals surface area contributed by atoms with Crippen LogP contribution < -0.4 is 0 Å². The Labute approximate surface area is 174 Å². The molecule has 0 aromatic rings. The molecule has 4 atom stereocenters. The molecule has 1 fully saturated rings. The van der Waals surface area contributed by atoms with Crippen molar-refractivity contribution in [3.05, 3.63) is 0 Å². The average molecular weight is 417 g/mol. The number of ether oxygens (including phenoxy) is 2. The number of carbonyl (C=O) groups is 2. The second kappa shape index (κ2) is 15.6. The van der Waals surface area contributed by atoms with Crippen LogP contribution in [0.1, 0.15) is 96.8 Å². The van der Waals surface area contributed by atoms with Crippen molar-refractivity contribution < 1.29 is 34.4 Å². The van der Waals surface area contributed by atoms with Crippen LogP contribution in [0.25, 0.3) is 0 Å². The second-order valence-corrected chi connectivity index (χ2v) is 8.08. The summed E-state index contributed by atoms with van der Waals surface area (Å²) >= 11 is 0. The summed E-state index contributed by atoms with van der Waals surface area (Å²) in [5.41, 5.74) is 0. The summed E-state index contributed by atoms with van der Waals surface area (Å²) in [5.74, 6) is -1.41. The molecule has 7 nitrogen and oxygen atoms in total. The Kier molecular flexibility index (Phi) is 13.9. The molecule has 0 amide bonds. The lowest BCUT2D eigenvalue weighted by Gasteiger charge is -2.19. The summed E-state index contributed by atoms with van der Waals surface area (Å²) in [6.07, 6.45) is 10.4. The van der Waals surface area contributed by atoms with Crippen LogP contribution in [0.15, 0.2) is 0 Å². The lowest BCUT2D eigenvalue weighted by Crippen LogP contribution is -2.41. The van der Waals surface area contributed by atoms with E-state index < -0.39 is 36.4 Å². The quantitative estimate of drug-likeness (QED) is 0.247. The standard InChI is InChI=1S/C22H40O7/c1-2-3-4-5-6-7-8-9-10-11-12-13-14-15-18(24)28-16-17(23)21-19(25)20(26)22(27)29-21/h17,19-21,23,25-26H,2-16H2,1H3/t17-,19+,20-,21-/m1/s1. The Hall–Kier alpha value is -1.18. The molecule has 0 unspecified atom stereocenters. The van der Waals surface area contributed by atoms with E-state index in [0.29, 0.717) is 0 Å². The molecule has 0 saturated carbocycles. The summed E-state index contributed by atoms with van der Waals surface area (Å²) < 4.78 is 9.65. The van der Waals surface area contributed by atoms with Crippen molar-refractivity contribution in [2.75, 3.05) is 6.61 Å². The first-order chi connectivity index (χ1) is 14.0. The van der Waals surface area contributed by atoms with E-state index >= 15 is 0 Å². The number of hydrogen-bond acceptors (Lipinski definition) is 7. The van der Waals surface area contributed by atoms with E-state index in [1.54, 1.807) is 0 Å². The largest absolute Gasteiger partial charge is 0.463 e. The summed E-state index contributed by atoms with van der Waals surface area (Å²) in [4.78, 5) is 22.9. The summed E-state index contributed by atoms with van der Waals surface area (Å²) in [6.45, 7) is 1.86. The fraction of sp³-hybridized carbons (Fsp3) is 0.909. The van der Waals surface area contributed by atoms with Crippen molar-refractivity contribution in [2.24, 2.45) is 0 Å². The van der Waals surface area contributed by atoms with Crippen LogP contribution in [0.5, 0.6) is 0 Å². The minimum Gasteiger partial charge on any atom is -0.463 e. The van der Waals surface area contributed by atoms with Crippen molar-refractivity contribution in [1.29, 1.82) is 0 Å². The number of carbonyl (C=O) groups excluding carboxylic acids is 2. The number of esters is 2. The van der Waals surface area contributed by atoms with Gasteiger partial charge < -0.3 is 24.8 Å². The Morgan fingerprint density at radius 3 is 1.86 bits per heavy atom. The lowest BCUT2D eigenvalue weighted by molar-refractivity contribution is -0.156. The molecule has 170 valence electrons. The minimum atomic E-state index is -1.67. The molecule has 0 radical (unpaired) electrons.